The van der Waals surface area contributed by atoms with Crippen LogP contribution in [-0.2, 0) is 4.79 Å². The molecule has 25 heavy (non-hydrogen) atoms. The molecule has 2 aromatic heterocycles. The molecule has 0 saturated heterocycles. The normalized spacial score (nSPS) is 16.4. The molecule has 0 radical (unpaired) electrons. The van der Waals surface area contributed by atoms with Crippen LogP contribution in [0.5, 0.6) is 0 Å². The molecule has 132 valence electrons. The molecule has 1 amide bonds. The van der Waals surface area contributed by atoms with E-state index in [-0.39, 0.29) is 12.5 Å². The van der Waals surface area contributed by atoms with Gasteiger partial charge in [-0.15, -0.1) is 11.3 Å². The summed E-state index contributed by atoms with van der Waals surface area (Å²) in [7, 11) is 0. The number of carboxylic acids is 1. The van der Waals surface area contributed by atoms with Crippen molar-refractivity contribution in [3.63, 3.8) is 0 Å². The maximum Gasteiger partial charge on any atom is 0.311 e. The minimum atomic E-state index is -0.849. The number of carbonyl (C=O) groups excluding carboxylic acids is 1. The van der Waals surface area contributed by atoms with Gasteiger partial charge in [0.2, 0.25) is 0 Å². The summed E-state index contributed by atoms with van der Waals surface area (Å²) in [4.78, 5) is 37.4. The number of aromatic nitrogens is 3. The van der Waals surface area contributed by atoms with Crippen molar-refractivity contribution in [2.24, 2.45) is 5.41 Å². The predicted octanol–water partition coefficient (Wildman–Crippen LogP) is 2.67. The maximum atomic E-state index is 12.5. The van der Waals surface area contributed by atoms with Gasteiger partial charge in [0.25, 0.3) is 5.91 Å². The fourth-order valence-electron chi connectivity index (χ4n) is 3.14. The predicted molar refractivity (Wildman–Crippen MR) is 93.4 cm³/mol. The quantitative estimate of drug-likeness (QED) is 0.849. The van der Waals surface area contributed by atoms with Crippen molar-refractivity contribution in [2.75, 3.05) is 6.54 Å². The van der Waals surface area contributed by atoms with Crippen LogP contribution in [0.3, 0.4) is 0 Å². The van der Waals surface area contributed by atoms with Crippen LogP contribution in [0.25, 0.3) is 10.8 Å². The highest BCUT2D eigenvalue weighted by Crippen LogP contribution is 2.36. The number of carbonyl (C=O) groups is 2. The summed E-state index contributed by atoms with van der Waals surface area (Å²) in [6.45, 7) is 1.90. The van der Waals surface area contributed by atoms with E-state index in [1.54, 1.807) is 25.4 Å². The summed E-state index contributed by atoms with van der Waals surface area (Å²) >= 11 is 1.22. The zero-order valence-corrected chi connectivity index (χ0v) is 14.8. The van der Waals surface area contributed by atoms with Crippen LogP contribution in [0.1, 0.15) is 47.5 Å². The molecule has 0 atom stereocenters. The van der Waals surface area contributed by atoms with Crippen LogP contribution in [-0.4, -0.2) is 38.5 Å². The lowest BCUT2D eigenvalue weighted by Gasteiger charge is -2.33. The number of rotatable bonds is 5. The summed E-state index contributed by atoms with van der Waals surface area (Å²) in [5, 5.41) is 13.0. The van der Waals surface area contributed by atoms with E-state index in [9.17, 15) is 14.7 Å². The Morgan fingerprint density at radius 2 is 1.92 bits per heavy atom. The van der Waals surface area contributed by atoms with E-state index >= 15 is 0 Å². The SMILES string of the molecule is Cc1nc(-c2ncccn2)sc1C(=O)NCC1(C(=O)O)CCCCC1. The minimum Gasteiger partial charge on any atom is -0.481 e. The van der Waals surface area contributed by atoms with Gasteiger partial charge >= 0.3 is 5.97 Å². The summed E-state index contributed by atoms with van der Waals surface area (Å²) in [6, 6.07) is 1.72. The molecule has 2 N–H and O–H groups in total. The zero-order valence-electron chi connectivity index (χ0n) is 14.0. The molecular weight excluding hydrogens is 340 g/mol. The lowest BCUT2D eigenvalue weighted by Crippen LogP contribution is -2.44. The van der Waals surface area contributed by atoms with Gasteiger partial charge in [0.1, 0.15) is 4.88 Å². The first-order chi connectivity index (χ1) is 12.0. The second kappa shape index (κ2) is 7.26. The van der Waals surface area contributed by atoms with Gasteiger partial charge in [-0.2, -0.15) is 0 Å². The lowest BCUT2D eigenvalue weighted by atomic mass is 9.74. The van der Waals surface area contributed by atoms with Crippen LogP contribution in [0.4, 0.5) is 0 Å². The Kier molecular flexibility index (Phi) is 5.08. The lowest BCUT2D eigenvalue weighted by molar-refractivity contribution is -0.150. The molecule has 2 aromatic rings. The van der Waals surface area contributed by atoms with E-state index in [1.807, 2.05) is 0 Å². The Morgan fingerprint density at radius 1 is 1.24 bits per heavy atom. The number of nitrogens with one attached hydrogen (secondary N) is 1. The fourth-order valence-corrected chi connectivity index (χ4v) is 4.07. The zero-order chi connectivity index (χ0) is 17.9. The number of hydrogen-bond donors (Lipinski definition) is 2. The van der Waals surface area contributed by atoms with Crippen molar-refractivity contribution in [3.05, 3.63) is 29.0 Å². The van der Waals surface area contributed by atoms with Gasteiger partial charge in [-0.25, -0.2) is 15.0 Å². The average Bonchev–Trinajstić information content (AvgIpc) is 3.03. The van der Waals surface area contributed by atoms with Gasteiger partial charge in [-0.1, -0.05) is 19.3 Å². The highest BCUT2D eigenvalue weighted by Gasteiger charge is 2.40. The summed E-state index contributed by atoms with van der Waals surface area (Å²) in [5.74, 6) is -0.640. The van der Waals surface area contributed by atoms with Crippen molar-refractivity contribution < 1.29 is 14.7 Å². The van der Waals surface area contributed by atoms with Gasteiger partial charge in [-0.3, -0.25) is 9.59 Å². The first kappa shape index (κ1) is 17.5. The molecule has 0 bridgehead atoms. The highest BCUT2D eigenvalue weighted by atomic mass is 32.1. The topological polar surface area (TPSA) is 105 Å². The molecule has 0 aromatic carbocycles. The van der Waals surface area contributed by atoms with Crippen LogP contribution < -0.4 is 5.32 Å². The Bertz CT molecular complexity index is 769. The van der Waals surface area contributed by atoms with Crippen molar-refractivity contribution >= 4 is 23.2 Å². The van der Waals surface area contributed by atoms with Crippen molar-refractivity contribution in [1.82, 2.24) is 20.3 Å². The number of aliphatic carboxylic acids is 1. The summed E-state index contributed by atoms with van der Waals surface area (Å²) in [6.07, 6.45) is 7.28. The third kappa shape index (κ3) is 3.68. The van der Waals surface area contributed by atoms with Crippen LogP contribution in [0, 0.1) is 12.3 Å². The molecule has 7 nitrogen and oxygen atoms in total. The van der Waals surface area contributed by atoms with E-state index in [0.717, 1.165) is 19.3 Å². The summed E-state index contributed by atoms with van der Waals surface area (Å²) < 4.78 is 0. The third-order valence-electron chi connectivity index (χ3n) is 4.61. The number of thiazole rings is 1. The standard InChI is InChI=1S/C17H20N4O3S/c1-11-12(25-15(21-11)13-18-8-5-9-19-13)14(22)20-10-17(16(23)24)6-3-2-4-7-17/h5,8-9H,2-4,6-7,10H2,1H3,(H,20,22)(H,23,24). The fraction of sp³-hybridized carbons (Fsp3) is 0.471. The maximum absolute atomic E-state index is 12.5. The third-order valence-corrected chi connectivity index (χ3v) is 5.76. The second-order valence-electron chi connectivity index (χ2n) is 6.33. The van der Waals surface area contributed by atoms with Crippen LogP contribution >= 0.6 is 11.3 Å². The van der Waals surface area contributed by atoms with E-state index in [4.69, 9.17) is 0 Å². The van der Waals surface area contributed by atoms with Crippen molar-refractivity contribution in [1.29, 1.82) is 0 Å². The molecule has 0 unspecified atom stereocenters. The Labute approximate surface area is 149 Å². The van der Waals surface area contributed by atoms with Gasteiger partial charge in [0.15, 0.2) is 10.8 Å². The number of aryl methyl sites for hydroxylation is 1. The number of hydrogen-bond acceptors (Lipinski definition) is 6. The molecule has 1 aliphatic carbocycles. The molecule has 1 aliphatic rings. The Morgan fingerprint density at radius 3 is 2.56 bits per heavy atom. The molecule has 1 saturated carbocycles. The molecule has 8 heteroatoms. The molecule has 0 spiro atoms. The van der Waals surface area contributed by atoms with E-state index < -0.39 is 11.4 Å². The van der Waals surface area contributed by atoms with Crippen molar-refractivity contribution in [3.8, 4) is 10.8 Å². The van der Waals surface area contributed by atoms with E-state index in [1.165, 1.54) is 11.3 Å². The van der Waals surface area contributed by atoms with Gasteiger partial charge in [0, 0.05) is 18.9 Å². The highest BCUT2D eigenvalue weighted by molar-refractivity contribution is 7.17. The first-order valence-corrected chi connectivity index (χ1v) is 9.10. The van der Waals surface area contributed by atoms with Gasteiger partial charge in [-0.05, 0) is 25.8 Å². The van der Waals surface area contributed by atoms with Crippen LogP contribution in [0.2, 0.25) is 0 Å². The monoisotopic (exact) mass is 360 g/mol. The van der Waals surface area contributed by atoms with Crippen LogP contribution in [0.15, 0.2) is 18.5 Å². The molecule has 1 fully saturated rings. The number of nitrogens with zero attached hydrogens (tertiary/aromatic N) is 3. The average molecular weight is 360 g/mol. The molecule has 3 rings (SSSR count). The van der Waals surface area contributed by atoms with Crippen molar-refractivity contribution in [2.45, 2.75) is 39.0 Å². The van der Waals surface area contributed by atoms with Gasteiger partial charge in [0.05, 0.1) is 11.1 Å². The van der Waals surface area contributed by atoms with Gasteiger partial charge < -0.3 is 10.4 Å². The molecule has 0 aliphatic heterocycles. The van der Waals surface area contributed by atoms with E-state index in [0.29, 0.717) is 34.2 Å². The smallest absolute Gasteiger partial charge is 0.311 e. The second-order valence-corrected chi connectivity index (χ2v) is 7.33. The minimum absolute atomic E-state index is 0.148. The Hall–Kier alpha value is -2.35. The van der Waals surface area contributed by atoms with E-state index in [2.05, 4.69) is 20.3 Å². The Balaban J connectivity index is 1.73. The molecular formula is C17H20N4O3S. The largest absolute Gasteiger partial charge is 0.481 e. The first-order valence-electron chi connectivity index (χ1n) is 8.28. The number of carboxylic acid groups (broad SMARTS) is 1. The number of amides is 1. The summed E-state index contributed by atoms with van der Waals surface area (Å²) in [5.41, 5.74) is -0.254. The molecule has 2 heterocycles.